The molecule has 2 heteroatoms. The van der Waals surface area contributed by atoms with Gasteiger partial charge in [0, 0.05) is 13.1 Å². The molecule has 116 valence electrons. The Morgan fingerprint density at radius 3 is 2.20 bits per heavy atom. The van der Waals surface area contributed by atoms with Crippen LogP contribution in [0.2, 0.25) is 0 Å². The van der Waals surface area contributed by atoms with Crippen molar-refractivity contribution >= 4 is 5.91 Å². The minimum absolute atomic E-state index is 0.00686. The first kappa shape index (κ1) is 18.9. The lowest BCUT2D eigenvalue weighted by atomic mass is 10.1. The lowest BCUT2D eigenvalue weighted by Crippen LogP contribution is -2.12. The van der Waals surface area contributed by atoms with E-state index in [1.165, 1.54) is 56.9 Å². The highest BCUT2D eigenvalue weighted by atomic mass is 16.1. The zero-order valence-corrected chi connectivity index (χ0v) is 13.7. The van der Waals surface area contributed by atoms with E-state index in [-0.39, 0.29) is 5.91 Å². The second kappa shape index (κ2) is 14.4. The van der Waals surface area contributed by atoms with Gasteiger partial charge >= 0.3 is 0 Å². The lowest BCUT2D eigenvalue weighted by Gasteiger charge is -2.03. The van der Waals surface area contributed by atoms with E-state index in [9.17, 15) is 4.79 Å². The van der Waals surface area contributed by atoms with Crippen molar-refractivity contribution in [2.45, 2.75) is 85.0 Å². The molecule has 0 aliphatic carbocycles. The van der Waals surface area contributed by atoms with Gasteiger partial charge in [-0.3, -0.25) is 4.79 Å². The highest BCUT2D eigenvalue weighted by Crippen LogP contribution is 2.12. The Morgan fingerprint density at radius 2 is 1.60 bits per heavy atom. The summed E-state index contributed by atoms with van der Waals surface area (Å²) in [6.45, 7) is 6.02. The van der Waals surface area contributed by atoms with E-state index in [1.54, 1.807) is 6.92 Å². The highest BCUT2D eigenvalue weighted by molar-refractivity contribution is 5.74. The van der Waals surface area contributed by atoms with Gasteiger partial charge in [0.2, 0.25) is 5.91 Å². The topological polar surface area (TPSA) is 29.1 Å². The predicted octanol–water partition coefficient (Wildman–Crippen LogP) is 5.50. The van der Waals surface area contributed by atoms with E-state index < -0.39 is 0 Å². The minimum Gasteiger partial charge on any atom is -0.333 e. The molecule has 0 saturated carbocycles. The molecule has 20 heavy (non-hydrogen) atoms. The summed E-state index contributed by atoms with van der Waals surface area (Å²) < 4.78 is 0. The number of carbonyl (C=O) groups excluding carboxylic acids is 1. The van der Waals surface area contributed by atoms with Crippen LogP contribution >= 0.6 is 0 Å². The van der Waals surface area contributed by atoms with Crippen molar-refractivity contribution in [3.63, 3.8) is 0 Å². The molecule has 0 aliphatic heterocycles. The molecular weight excluding hydrogens is 246 g/mol. The Kier molecular flexibility index (Phi) is 13.6. The second-order valence-electron chi connectivity index (χ2n) is 5.48. The fourth-order valence-corrected chi connectivity index (χ4v) is 2.08. The van der Waals surface area contributed by atoms with Crippen LogP contribution in [-0.2, 0) is 4.79 Å². The Hall–Kier alpha value is -1.05. The highest BCUT2D eigenvalue weighted by Gasteiger charge is 1.95. The molecule has 0 unspecified atom stereocenters. The SMILES string of the molecule is CCCCCC/C=C/C(=C/NC(C)=O)CCCCCC. The molecule has 0 heterocycles. The molecule has 0 saturated heterocycles. The first-order valence-electron chi connectivity index (χ1n) is 8.33. The average molecular weight is 279 g/mol. The summed E-state index contributed by atoms with van der Waals surface area (Å²) in [6, 6.07) is 0. The molecule has 1 amide bonds. The third-order valence-corrected chi connectivity index (χ3v) is 3.34. The number of rotatable bonds is 12. The number of carbonyl (C=O) groups is 1. The number of hydrogen-bond donors (Lipinski definition) is 1. The van der Waals surface area contributed by atoms with Gasteiger partial charge < -0.3 is 5.32 Å². The van der Waals surface area contributed by atoms with Crippen molar-refractivity contribution in [1.82, 2.24) is 5.32 Å². The van der Waals surface area contributed by atoms with E-state index in [1.807, 2.05) is 6.20 Å². The van der Waals surface area contributed by atoms with Crippen LogP contribution in [0.1, 0.15) is 85.0 Å². The van der Waals surface area contributed by atoms with Crippen LogP contribution < -0.4 is 5.32 Å². The molecule has 0 spiro atoms. The van der Waals surface area contributed by atoms with Gasteiger partial charge in [0.1, 0.15) is 0 Å². The maximum absolute atomic E-state index is 11.0. The maximum Gasteiger partial charge on any atom is 0.220 e. The molecule has 0 radical (unpaired) electrons. The standard InChI is InChI=1S/C18H33NO/c1-4-6-8-10-11-13-15-18(16-19-17(3)20)14-12-9-7-5-2/h13,15-16H,4-12,14H2,1-3H3,(H,19,20)/b15-13+,18-16+. The van der Waals surface area contributed by atoms with Crippen LogP contribution in [0.15, 0.2) is 23.9 Å². The molecule has 0 atom stereocenters. The summed E-state index contributed by atoms with van der Waals surface area (Å²) in [4.78, 5) is 11.0. The summed E-state index contributed by atoms with van der Waals surface area (Å²) in [5.74, 6) is 0.00686. The molecule has 0 aromatic carbocycles. The summed E-state index contributed by atoms with van der Waals surface area (Å²) in [7, 11) is 0. The summed E-state index contributed by atoms with van der Waals surface area (Å²) >= 11 is 0. The van der Waals surface area contributed by atoms with Crippen LogP contribution in [0.4, 0.5) is 0 Å². The van der Waals surface area contributed by atoms with Crippen LogP contribution in [-0.4, -0.2) is 5.91 Å². The van der Waals surface area contributed by atoms with E-state index in [0.29, 0.717) is 0 Å². The quantitative estimate of drug-likeness (QED) is 0.371. The van der Waals surface area contributed by atoms with Gasteiger partial charge in [0.25, 0.3) is 0 Å². The number of allylic oxidation sites excluding steroid dienone is 3. The van der Waals surface area contributed by atoms with Crippen molar-refractivity contribution in [2.24, 2.45) is 0 Å². The lowest BCUT2D eigenvalue weighted by molar-refractivity contribution is -0.118. The van der Waals surface area contributed by atoms with Crippen LogP contribution in [0.3, 0.4) is 0 Å². The largest absolute Gasteiger partial charge is 0.333 e. The maximum atomic E-state index is 11.0. The predicted molar refractivity (Wildman–Crippen MR) is 88.6 cm³/mol. The molecule has 0 aromatic heterocycles. The Balaban J connectivity index is 4.06. The van der Waals surface area contributed by atoms with Crippen LogP contribution in [0.25, 0.3) is 0 Å². The molecule has 2 nitrogen and oxygen atoms in total. The van der Waals surface area contributed by atoms with E-state index in [0.717, 1.165) is 12.8 Å². The third kappa shape index (κ3) is 13.4. The van der Waals surface area contributed by atoms with Gasteiger partial charge in [0.15, 0.2) is 0 Å². The first-order valence-corrected chi connectivity index (χ1v) is 8.33. The summed E-state index contributed by atoms with van der Waals surface area (Å²) in [6.07, 6.45) is 18.8. The van der Waals surface area contributed by atoms with Crippen molar-refractivity contribution in [2.75, 3.05) is 0 Å². The fraction of sp³-hybridized carbons (Fsp3) is 0.722. The zero-order chi connectivity index (χ0) is 15.1. The van der Waals surface area contributed by atoms with E-state index >= 15 is 0 Å². The second-order valence-corrected chi connectivity index (χ2v) is 5.48. The van der Waals surface area contributed by atoms with Crippen molar-refractivity contribution < 1.29 is 4.79 Å². The fourth-order valence-electron chi connectivity index (χ4n) is 2.08. The van der Waals surface area contributed by atoms with Gasteiger partial charge in [-0.15, -0.1) is 0 Å². The molecular formula is C18H33NO. The number of nitrogens with one attached hydrogen (secondary N) is 1. The Bertz CT molecular complexity index is 292. The minimum atomic E-state index is 0.00686. The number of unbranched alkanes of at least 4 members (excludes halogenated alkanes) is 7. The third-order valence-electron chi connectivity index (χ3n) is 3.34. The van der Waals surface area contributed by atoms with Crippen molar-refractivity contribution in [1.29, 1.82) is 0 Å². The summed E-state index contributed by atoms with van der Waals surface area (Å²) in [5.41, 5.74) is 1.24. The molecule has 0 fully saturated rings. The molecule has 0 aliphatic rings. The normalized spacial score (nSPS) is 12.1. The molecule has 0 bridgehead atoms. The van der Waals surface area contributed by atoms with Gasteiger partial charge in [-0.2, -0.15) is 0 Å². The summed E-state index contributed by atoms with van der Waals surface area (Å²) in [5, 5.41) is 2.80. The Morgan fingerprint density at radius 1 is 0.950 bits per heavy atom. The van der Waals surface area contributed by atoms with E-state index in [4.69, 9.17) is 0 Å². The van der Waals surface area contributed by atoms with Gasteiger partial charge in [-0.1, -0.05) is 64.5 Å². The van der Waals surface area contributed by atoms with Gasteiger partial charge in [0.05, 0.1) is 0 Å². The van der Waals surface area contributed by atoms with Crippen LogP contribution in [0, 0.1) is 0 Å². The smallest absolute Gasteiger partial charge is 0.220 e. The van der Waals surface area contributed by atoms with Crippen LogP contribution in [0.5, 0.6) is 0 Å². The van der Waals surface area contributed by atoms with Gasteiger partial charge in [-0.05, 0) is 31.3 Å². The zero-order valence-electron chi connectivity index (χ0n) is 13.7. The van der Waals surface area contributed by atoms with Crippen molar-refractivity contribution in [3.05, 3.63) is 23.9 Å². The molecule has 0 aromatic rings. The number of amides is 1. The first-order chi connectivity index (χ1) is 9.70. The van der Waals surface area contributed by atoms with Crippen molar-refractivity contribution in [3.8, 4) is 0 Å². The van der Waals surface area contributed by atoms with E-state index in [2.05, 4.69) is 31.3 Å². The van der Waals surface area contributed by atoms with Gasteiger partial charge in [-0.25, -0.2) is 0 Å². The Labute approximate surface area is 125 Å². The number of hydrogen-bond acceptors (Lipinski definition) is 1. The average Bonchev–Trinajstić information content (AvgIpc) is 2.43. The molecule has 1 N–H and O–H groups in total. The monoisotopic (exact) mass is 279 g/mol. The molecule has 0 rings (SSSR count).